The lowest BCUT2D eigenvalue weighted by atomic mass is 10.2. The predicted octanol–water partition coefficient (Wildman–Crippen LogP) is 2.59. The number of rotatable bonds is 1. The molecular weight excluding hydrogens is 174 g/mol. The minimum Gasteiger partial charge on any atom is -0.255 e. The van der Waals surface area contributed by atoms with E-state index in [2.05, 4.69) is 0 Å². The highest BCUT2D eigenvalue weighted by molar-refractivity contribution is 6.33. The van der Waals surface area contributed by atoms with Gasteiger partial charge in [0.25, 0.3) is 0 Å². The van der Waals surface area contributed by atoms with E-state index in [1.165, 1.54) is 0 Å². The van der Waals surface area contributed by atoms with Crippen LogP contribution in [0.15, 0.2) is 18.2 Å². The third-order valence-electron chi connectivity index (χ3n) is 1.14. The number of benzene rings is 1. The van der Waals surface area contributed by atoms with Gasteiger partial charge >= 0.3 is 6.04 Å². The molecule has 0 bridgehead atoms. The van der Waals surface area contributed by atoms with E-state index in [9.17, 15) is 13.6 Å². The van der Waals surface area contributed by atoms with E-state index in [1.807, 2.05) is 0 Å². The van der Waals surface area contributed by atoms with Crippen molar-refractivity contribution in [2.24, 2.45) is 0 Å². The van der Waals surface area contributed by atoms with E-state index in [1.54, 1.807) is 0 Å². The van der Waals surface area contributed by atoms with Gasteiger partial charge in [-0.05, 0) is 18.2 Å². The van der Waals surface area contributed by atoms with Crippen LogP contribution in [0.5, 0.6) is 0 Å². The Balaban J connectivity index is 3.20. The molecule has 0 aromatic heterocycles. The summed E-state index contributed by atoms with van der Waals surface area (Å²) in [6, 6.07) is 1.20. The number of halogens is 3. The van der Waals surface area contributed by atoms with Gasteiger partial charge in [0.05, 0.1) is 10.6 Å². The fourth-order valence-electron chi connectivity index (χ4n) is 0.649. The van der Waals surface area contributed by atoms with Gasteiger partial charge in [-0.3, -0.25) is 4.79 Å². The molecule has 1 rings (SSSR count). The highest BCUT2D eigenvalue weighted by atomic mass is 35.5. The molecule has 11 heavy (non-hydrogen) atoms. The molecule has 0 spiro atoms. The summed E-state index contributed by atoms with van der Waals surface area (Å²) in [5.74, 6) is -0.597. The van der Waals surface area contributed by atoms with Crippen LogP contribution in [0.4, 0.5) is 8.78 Å². The summed E-state index contributed by atoms with van der Waals surface area (Å²) in [6.45, 7) is 0. The topological polar surface area (TPSA) is 17.1 Å². The molecule has 1 nitrogen and oxygen atoms in total. The van der Waals surface area contributed by atoms with Gasteiger partial charge in [0.1, 0.15) is 5.82 Å². The van der Waals surface area contributed by atoms with Crippen LogP contribution in [-0.2, 0) is 0 Å². The van der Waals surface area contributed by atoms with Crippen LogP contribution in [0.1, 0.15) is 10.4 Å². The normalized spacial score (nSPS) is 9.73. The molecule has 0 heterocycles. The van der Waals surface area contributed by atoms with Gasteiger partial charge in [-0.15, -0.1) is 0 Å². The Kier molecular flexibility index (Phi) is 2.19. The molecule has 0 fully saturated rings. The fourth-order valence-corrected chi connectivity index (χ4v) is 0.890. The van der Waals surface area contributed by atoms with Crippen molar-refractivity contribution in [3.8, 4) is 0 Å². The van der Waals surface area contributed by atoms with Crippen molar-refractivity contribution >= 4 is 17.6 Å². The average molecular weight is 177 g/mol. The molecule has 0 saturated carbocycles. The lowest BCUT2D eigenvalue weighted by molar-refractivity contribution is 0.0836. The number of hydrogen-bond acceptors (Lipinski definition) is 1. The molecule has 0 aliphatic heterocycles. The van der Waals surface area contributed by atoms with Crippen molar-refractivity contribution in [1.29, 1.82) is 0 Å². The summed E-state index contributed by atoms with van der Waals surface area (Å²) in [7, 11) is 0. The third-order valence-corrected chi connectivity index (χ3v) is 1.46. The number of carbonyl (C=O) groups excluding carboxylic acids is 1. The van der Waals surface area contributed by atoms with Gasteiger partial charge in [-0.25, -0.2) is 4.39 Å². The van der Waals surface area contributed by atoms with Crippen molar-refractivity contribution in [2.75, 3.05) is 0 Å². The SMILES string of the molecule is O=C(F)c1ccc(F)cc1Cl. The molecule has 0 unspecified atom stereocenters. The van der Waals surface area contributed by atoms with Gasteiger partial charge < -0.3 is 0 Å². The van der Waals surface area contributed by atoms with Crippen molar-refractivity contribution in [2.45, 2.75) is 0 Å². The van der Waals surface area contributed by atoms with Gasteiger partial charge in [0, 0.05) is 0 Å². The molecule has 0 N–H and O–H groups in total. The first-order valence-electron chi connectivity index (χ1n) is 2.76. The van der Waals surface area contributed by atoms with Crippen LogP contribution in [-0.4, -0.2) is 6.04 Å². The summed E-state index contributed by atoms with van der Waals surface area (Å²) in [6.07, 6.45) is 0. The summed E-state index contributed by atoms with van der Waals surface area (Å²) in [5, 5.41) is -0.211. The van der Waals surface area contributed by atoms with Crippen LogP contribution in [0, 0.1) is 5.82 Å². The maximum Gasteiger partial charge on any atom is 0.333 e. The standard InChI is InChI=1S/C7H3ClF2O/c8-6-3-4(9)1-2-5(6)7(10)11/h1-3H. The quantitative estimate of drug-likeness (QED) is 0.601. The average Bonchev–Trinajstić information content (AvgIpc) is 1.85. The molecule has 0 amide bonds. The zero-order valence-corrected chi connectivity index (χ0v) is 6.03. The number of carbonyl (C=O) groups is 1. The Morgan fingerprint density at radius 1 is 1.45 bits per heavy atom. The fraction of sp³-hybridized carbons (Fsp3) is 0. The first-order valence-corrected chi connectivity index (χ1v) is 3.14. The van der Waals surface area contributed by atoms with Crippen LogP contribution in [0.25, 0.3) is 0 Å². The molecule has 0 aliphatic carbocycles. The monoisotopic (exact) mass is 176 g/mol. The molecule has 4 heteroatoms. The summed E-state index contributed by atoms with van der Waals surface area (Å²) in [5.41, 5.74) is -0.312. The summed E-state index contributed by atoms with van der Waals surface area (Å²) >= 11 is 5.32. The Labute approximate surface area is 66.6 Å². The van der Waals surface area contributed by atoms with E-state index < -0.39 is 11.9 Å². The molecule has 1 aromatic carbocycles. The van der Waals surface area contributed by atoms with Gasteiger partial charge in [-0.1, -0.05) is 11.6 Å². The smallest absolute Gasteiger partial charge is 0.255 e. The zero-order chi connectivity index (χ0) is 8.43. The molecule has 1 aromatic rings. The van der Waals surface area contributed by atoms with Crippen LogP contribution >= 0.6 is 11.6 Å². The van der Waals surface area contributed by atoms with E-state index in [0.717, 1.165) is 18.2 Å². The van der Waals surface area contributed by atoms with E-state index >= 15 is 0 Å². The van der Waals surface area contributed by atoms with E-state index in [4.69, 9.17) is 11.6 Å². The first kappa shape index (κ1) is 8.14. The second-order valence-electron chi connectivity index (χ2n) is 1.90. The van der Waals surface area contributed by atoms with E-state index in [0.29, 0.717) is 0 Å². The maximum absolute atomic E-state index is 12.3. The Morgan fingerprint density at radius 3 is 2.55 bits per heavy atom. The Bertz CT molecular complexity index is 298. The van der Waals surface area contributed by atoms with Crippen molar-refractivity contribution in [3.63, 3.8) is 0 Å². The molecule has 0 radical (unpaired) electrons. The second-order valence-corrected chi connectivity index (χ2v) is 2.31. The minimum atomic E-state index is -1.66. The highest BCUT2D eigenvalue weighted by Crippen LogP contribution is 2.17. The Hall–Kier alpha value is -0.960. The van der Waals surface area contributed by atoms with Crippen molar-refractivity contribution in [1.82, 2.24) is 0 Å². The van der Waals surface area contributed by atoms with Gasteiger partial charge in [0.15, 0.2) is 0 Å². The van der Waals surface area contributed by atoms with Crippen LogP contribution in [0.2, 0.25) is 5.02 Å². The lowest BCUT2D eigenvalue weighted by Crippen LogP contribution is -1.91. The van der Waals surface area contributed by atoms with Crippen LogP contribution < -0.4 is 0 Å². The molecule has 0 saturated heterocycles. The second kappa shape index (κ2) is 2.96. The molecule has 58 valence electrons. The highest BCUT2D eigenvalue weighted by Gasteiger charge is 2.08. The summed E-state index contributed by atoms with van der Waals surface area (Å²) in [4.78, 5) is 10.1. The minimum absolute atomic E-state index is 0.211. The number of hydrogen-bond donors (Lipinski definition) is 0. The largest absolute Gasteiger partial charge is 0.333 e. The van der Waals surface area contributed by atoms with Crippen LogP contribution in [0.3, 0.4) is 0 Å². The van der Waals surface area contributed by atoms with Crippen molar-refractivity contribution < 1.29 is 13.6 Å². The van der Waals surface area contributed by atoms with E-state index in [-0.39, 0.29) is 10.6 Å². The van der Waals surface area contributed by atoms with Gasteiger partial charge in [-0.2, -0.15) is 4.39 Å². The third kappa shape index (κ3) is 1.74. The zero-order valence-electron chi connectivity index (χ0n) is 5.27. The van der Waals surface area contributed by atoms with Gasteiger partial charge in [0.2, 0.25) is 0 Å². The molecule has 0 atom stereocenters. The Morgan fingerprint density at radius 2 is 2.09 bits per heavy atom. The molecule has 0 aliphatic rings. The van der Waals surface area contributed by atoms with Crippen molar-refractivity contribution in [3.05, 3.63) is 34.6 Å². The lowest BCUT2D eigenvalue weighted by Gasteiger charge is -1.95. The first-order chi connectivity index (χ1) is 5.11. The summed E-state index contributed by atoms with van der Waals surface area (Å²) < 4.78 is 24.3. The molecular formula is C7H3ClF2O. The predicted molar refractivity (Wildman–Crippen MR) is 36.8 cm³/mol. The maximum atomic E-state index is 12.3.